The summed E-state index contributed by atoms with van der Waals surface area (Å²) in [6, 6.07) is 19.6. The summed E-state index contributed by atoms with van der Waals surface area (Å²) in [5.74, 6) is -0.299. The van der Waals surface area contributed by atoms with Crippen molar-refractivity contribution in [3.05, 3.63) is 60.7 Å². The number of amides is 2. The van der Waals surface area contributed by atoms with E-state index in [9.17, 15) is 9.59 Å². The third-order valence-electron chi connectivity index (χ3n) is 5.21. The van der Waals surface area contributed by atoms with Crippen LogP contribution in [0.4, 0.5) is 11.4 Å². The monoisotopic (exact) mass is 365 g/mol. The van der Waals surface area contributed by atoms with Gasteiger partial charge in [0.05, 0.1) is 0 Å². The maximum Gasteiger partial charge on any atom is 0.241 e. The van der Waals surface area contributed by atoms with Gasteiger partial charge in [-0.15, -0.1) is 0 Å². The number of anilines is 2. The quantitative estimate of drug-likeness (QED) is 0.783. The molecule has 2 aromatic carbocycles. The zero-order valence-corrected chi connectivity index (χ0v) is 16.3. The van der Waals surface area contributed by atoms with Crippen LogP contribution in [-0.4, -0.2) is 49.9 Å². The summed E-state index contributed by atoms with van der Waals surface area (Å²) in [6.07, 6.45) is 0. The van der Waals surface area contributed by atoms with E-state index >= 15 is 0 Å². The normalized spacial score (nSPS) is 14.8. The third kappa shape index (κ3) is 3.97. The summed E-state index contributed by atoms with van der Waals surface area (Å²) in [5, 5.41) is 0. The van der Waals surface area contributed by atoms with Crippen LogP contribution in [0.5, 0.6) is 0 Å². The molecule has 2 aromatic rings. The second kappa shape index (κ2) is 7.82. The molecule has 1 fully saturated rings. The van der Waals surface area contributed by atoms with Crippen LogP contribution in [-0.2, 0) is 9.59 Å². The van der Waals surface area contributed by atoms with Crippen molar-refractivity contribution >= 4 is 23.2 Å². The summed E-state index contributed by atoms with van der Waals surface area (Å²) in [6.45, 7) is 6.24. The number of carbonyl (C=O) groups is 2. The number of benzene rings is 2. The minimum absolute atomic E-state index is 0.108. The second-order valence-corrected chi connectivity index (χ2v) is 7.44. The maximum atomic E-state index is 13.1. The van der Waals surface area contributed by atoms with E-state index < -0.39 is 5.41 Å². The highest BCUT2D eigenvalue weighted by molar-refractivity contribution is 6.10. The fourth-order valence-electron chi connectivity index (χ4n) is 3.48. The van der Waals surface area contributed by atoms with E-state index in [4.69, 9.17) is 0 Å². The van der Waals surface area contributed by atoms with Gasteiger partial charge in [-0.3, -0.25) is 9.59 Å². The first-order valence-corrected chi connectivity index (χ1v) is 9.34. The van der Waals surface area contributed by atoms with E-state index in [1.165, 1.54) is 5.69 Å². The third-order valence-corrected chi connectivity index (χ3v) is 5.21. The van der Waals surface area contributed by atoms with Gasteiger partial charge in [0.1, 0.15) is 5.41 Å². The molecule has 0 aromatic heterocycles. The first-order valence-electron chi connectivity index (χ1n) is 9.34. The summed E-state index contributed by atoms with van der Waals surface area (Å²) in [5.41, 5.74) is 0.862. The Bertz CT molecular complexity index is 782. The van der Waals surface area contributed by atoms with Crippen molar-refractivity contribution in [1.82, 2.24) is 4.90 Å². The molecule has 3 rings (SSSR count). The molecule has 0 atom stereocenters. The number of para-hydroxylation sites is 2. The van der Waals surface area contributed by atoms with Gasteiger partial charge in [0.25, 0.3) is 0 Å². The van der Waals surface area contributed by atoms with E-state index in [2.05, 4.69) is 17.0 Å². The first kappa shape index (κ1) is 19.0. The zero-order chi connectivity index (χ0) is 19.4. The van der Waals surface area contributed by atoms with Gasteiger partial charge in [-0.2, -0.15) is 0 Å². The van der Waals surface area contributed by atoms with Crippen molar-refractivity contribution in [3.8, 4) is 0 Å². The van der Waals surface area contributed by atoms with Gasteiger partial charge in [0.15, 0.2) is 0 Å². The Balaban J connectivity index is 1.65. The van der Waals surface area contributed by atoms with Gasteiger partial charge in [-0.1, -0.05) is 36.4 Å². The van der Waals surface area contributed by atoms with Crippen molar-refractivity contribution in [2.75, 3.05) is 43.0 Å². The molecule has 0 saturated carbocycles. The molecule has 1 heterocycles. The molecule has 142 valence electrons. The Hall–Kier alpha value is -2.82. The Labute approximate surface area is 161 Å². The van der Waals surface area contributed by atoms with Gasteiger partial charge in [-0.25, -0.2) is 0 Å². The lowest BCUT2D eigenvalue weighted by Gasteiger charge is -2.39. The average molecular weight is 365 g/mol. The molecular formula is C22H27N3O2. The molecule has 5 nitrogen and oxygen atoms in total. The molecule has 1 saturated heterocycles. The van der Waals surface area contributed by atoms with Gasteiger partial charge < -0.3 is 14.7 Å². The second-order valence-electron chi connectivity index (χ2n) is 7.44. The molecule has 0 radical (unpaired) electrons. The zero-order valence-electron chi connectivity index (χ0n) is 16.3. The molecule has 27 heavy (non-hydrogen) atoms. The van der Waals surface area contributed by atoms with Crippen LogP contribution in [0, 0.1) is 5.41 Å². The SMILES string of the molecule is CN(C(=O)C(C)(C)C(=O)N1CCN(c2ccccc2)CC1)c1ccccc1. The minimum Gasteiger partial charge on any atom is -0.368 e. The molecule has 5 heteroatoms. The molecular weight excluding hydrogens is 338 g/mol. The number of rotatable bonds is 4. The topological polar surface area (TPSA) is 43.9 Å². The van der Waals surface area contributed by atoms with Crippen molar-refractivity contribution in [3.63, 3.8) is 0 Å². The van der Waals surface area contributed by atoms with Crippen LogP contribution in [0.2, 0.25) is 0 Å². The highest BCUT2D eigenvalue weighted by Gasteiger charge is 2.42. The van der Waals surface area contributed by atoms with Crippen LogP contribution >= 0.6 is 0 Å². The van der Waals surface area contributed by atoms with Crippen LogP contribution in [0.3, 0.4) is 0 Å². The molecule has 1 aliphatic heterocycles. The molecule has 0 unspecified atom stereocenters. The average Bonchev–Trinajstić information content (AvgIpc) is 2.73. The molecule has 0 bridgehead atoms. The van der Waals surface area contributed by atoms with E-state index in [1.54, 1.807) is 25.8 Å². The Morgan fingerprint density at radius 3 is 1.93 bits per heavy atom. The van der Waals surface area contributed by atoms with Crippen LogP contribution < -0.4 is 9.80 Å². The fourth-order valence-corrected chi connectivity index (χ4v) is 3.48. The minimum atomic E-state index is -1.10. The summed E-state index contributed by atoms with van der Waals surface area (Å²) in [7, 11) is 1.72. The smallest absolute Gasteiger partial charge is 0.241 e. The largest absolute Gasteiger partial charge is 0.368 e. The number of carbonyl (C=O) groups excluding carboxylic acids is 2. The highest BCUT2D eigenvalue weighted by atomic mass is 16.2. The van der Waals surface area contributed by atoms with Crippen LogP contribution in [0.25, 0.3) is 0 Å². The van der Waals surface area contributed by atoms with Crippen molar-refractivity contribution < 1.29 is 9.59 Å². The number of nitrogens with zero attached hydrogens (tertiary/aromatic N) is 3. The van der Waals surface area contributed by atoms with Gasteiger partial charge in [-0.05, 0) is 38.1 Å². The predicted molar refractivity (Wildman–Crippen MR) is 109 cm³/mol. The van der Waals surface area contributed by atoms with E-state index in [0.717, 1.165) is 18.8 Å². The van der Waals surface area contributed by atoms with Crippen molar-refractivity contribution in [2.24, 2.45) is 5.41 Å². The van der Waals surface area contributed by atoms with Crippen LogP contribution in [0.15, 0.2) is 60.7 Å². The Morgan fingerprint density at radius 1 is 0.852 bits per heavy atom. The van der Waals surface area contributed by atoms with Gasteiger partial charge >= 0.3 is 0 Å². The van der Waals surface area contributed by atoms with Gasteiger partial charge in [0.2, 0.25) is 11.8 Å². The summed E-state index contributed by atoms with van der Waals surface area (Å²) >= 11 is 0. The fraction of sp³-hybridized carbons (Fsp3) is 0.364. The Kier molecular flexibility index (Phi) is 5.49. The highest BCUT2D eigenvalue weighted by Crippen LogP contribution is 2.26. The molecule has 0 spiro atoms. The van der Waals surface area contributed by atoms with Crippen LogP contribution in [0.1, 0.15) is 13.8 Å². The predicted octanol–water partition coefficient (Wildman–Crippen LogP) is 3.02. The number of piperazine rings is 1. The summed E-state index contributed by atoms with van der Waals surface area (Å²) in [4.78, 5) is 31.8. The van der Waals surface area contributed by atoms with Crippen molar-refractivity contribution in [1.29, 1.82) is 0 Å². The molecule has 2 amide bonds. The van der Waals surface area contributed by atoms with E-state index in [1.807, 2.05) is 53.4 Å². The van der Waals surface area contributed by atoms with E-state index in [0.29, 0.717) is 13.1 Å². The van der Waals surface area contributed by atoms with E-state index in [-0.39, 0.29) is 11.8 Å². The Morgan fingerprint density at radius 2 is 1.37 bits per heavy atom. The molecule has 0 aliphatic carbocycles. The summed E-state index contributed by atoms with van der Waals surface area (Å²) < 4.78 is 0. The molecule has 1 aliphatic rings. The lowest BCUT2D eigenvalue weighted by Crippen LogP contribution is -2.55. The first-order chi connectivity index (χ1) is 12.9. The van der Waals surface area contributed by atoms with Gasteiger partial charge in [0, 0.05) is 44.6 Å². The standard InChI is InChI=1S/C22H27N3O2/c1-22(2,20(26)23(3)18-10-6-4-7-11-18)21(27)25-16-14-24(15-17-25)19-12-8-5-9-13-19/h4-13H,14-17H2,1-3H3. The molecule has 0 N–H and O–H groups in total. The lowest BCUT2D eigenvalue weighted by atomic mass is 9.89. The maximum absolute atomic E-state index is 13.1. The van der Waals surface area contributed by atoms with Crippen molar-refractivity contribution in [2.45, 2.75) is 13.8 Å². The number of hydrogen-bond donors (Lipinski definition) is 0. The lowest BCUT2D eigenvalue weighted by molar-refractivity contribution is -0.147. The number of hydrogen-bond acceptors (Lipinski definition) is 3.